The number of carbonyl (C=O) groups excluding carboxylic acids is 1. The summed E-state index contributed by atoms with van der Waals surface area (Å²) in [6, 6.07) is 6.97. The number of nitrogens with zero attached hydrogens (tertiary/aromatic N) is 5. The van der Waals surface area contributed by atoms with Crippen LogP contribution in [0.2, 0.25) is 0 Å². The van der Waals surface area contributed by atoms with E-state index in [1.54, 1.807) is 57.4 Å². The van der Waals surface area contributed by atoms with E-state index < -0.39 is 0 Å². The number of nitrogen functional groups attached to an aromatic ring is 1. The van der Waals surface area contributed by atoms with Crippen LogP contribution in [-0.4, -0.2) is 50.2 Å². The SMILES string of the molecule is C=C/C(O)=C(\C=C/C)c1nnc(-c2nc(-c3ccc(C(=O)N(C)C)cc3)cnc2N)o1. The first-order valence-corrected chi connectivity index (χ1v) is 9.33. The number of aliphatic hydroxyl groups is 1. The Morgan fingerprint density at radius 1 is 1.23 bits per heavy atom. The topological polar surface area (TPSA) is 131 Å². The fraction of sp³-hybridized carbons (Fsp3) is 0.136. The van der Waals surface area contributed by atoms with Gasteiger partial charge in [-0.25, -0.2) is 9.97 Å². The molecule has 0 aliphatic carbocycles. The van der Waals surface area contributed by atoms with Gasteiger partial charge < -0.3 is 20.2 Å². The minimum Gasteiger partial charge on any atom is -0.507 e. The second-order valence-electron chi connectivity index (χ2n) is 6.68. The maximum Gasteiger partial charge on any atom is 0.270 e. The lowest BCUT2D eigenvalue weighted by atomic mass is 10.1. The van der Waals surface area contributed by atoms with Gasteiger partial charge in [-0.2, -0.15) is 0 Å². The van der Waals surface area contributed by atoms with Crippen molar-refractivity contribution >= 4 is 17.3 Å². The Balaban J connectivity index is 1.98. The normalized spacial score (nSPS) is 12.0. The van der Waals surface area contributed by atoms with Crippen molar-refractivity contribution in [3.63, 3.8) is 0 Å². The van der Waals surface area contributed by atoms with E-state index >= 15 is 0 Å². The Morgan fingerprint density at radius 3 is 2.55 bits per heavy atom. The van der Waals surface area contributed by atoms with E-state index in [9.17, 15) is 9.90 Å². The van der Waals surface area contributed by atoms with Crippen LogP contribution in [0.4, 0.5) is 5.82 Å². The first kappa shape index (κ1) is 21.4. The van der Waals surface area contributed by atoms with Gasteiger partial charge in [0.1, 0.15) is 5.76 Å². The maximum absolute atomic E-state index is 12.1. The van der Waals surface area contributed by atoms with Crippen LogP contribution >= 0.6 is 0 Å². The predicted molar refractivity (Wildman–Crippen MR) is 118 cm³/mol. The Hall–Kier alpha value is -4.27. The van der Waals surface area contributed by atoms with Crippen molar-refractivity contribution in [1.82, 2.24) is 25.1 Å². The van der Waals surface area contributed by atoms with Crippen LogP contribution in [0.25, 0.3) is 28.4 Å². The van der Waals surface area contributed by atoms with Crippen molar-refractivity contribution in [3.8, 4) is 22.8 Å². The monoisotopic (exact) mass is 418 g/mol. The average molecular weight is 418 g/mol. The molecule has 2 aromatic heterocycles. The summed E-state index contributed by atoms with van der Waals surface area (Å²) in [5, 5.41) is 18.0. The summed E-state index contributed by atoms with van der Waals surface area (Å²) in [5.41, 5.74) is 8.33. The molecule has 2 heterocycles. The van der Waals surface area contributed by atoms with Crippen LogP contribution in [0.5, 0.6) is 0 Å². The van der Waals surface area contributed by atoms with Gasteiger partial charge in [-0.3, -0.25) is 4.79 Å². The lowest BCUT2D eigenvalue weighted by Gasteiger charge is -2.10. The van der Waals surface area contributed by atoms with Gasteiger partial charge in [0.25, 0.3) is 17.7 Å². The fourth-order valence-corrected chi connectivity index (χ4v) is 2.71. The highest BCUT2D eigenvalue weighted by Gasteiger charge is 2.18. The van der Waals surface area contributed by atoms with E-state index in [-0.39, 0.29) is 35.0 Å². The molecule has 9 nitrogen and oxygen atoms in total. The molecule has 0 radical (unpaired) electrons. The van der Waals surface area contributed by atoms with Crippen LogP contribution in [0.3, 0.4) is 0 Å². The molecule has 0 unspecified atom stereocenters. The number of carbonyl (C=O) groups is 1. The summed E-state index contributed by atoms with van der Waals surface area (Å²) in [4.78, 5) is 22.3. The lowest BCUT2D eigenvalue weighted by molar-refractivity contribution is 0.0827. The molecule has 0 spiro atoms. The highest BCUT2D eigenvalue weighted by Crippen LogP contribution is 2.28. The summed E-state index contributed by atoms with van der Waals surface area (Å²) in [7, 11) is 3.39. The number of benzene rings is 1. The Bertz CT molecular complexity index is 1180. The van der Waals surface area contributed by atoms with Crippen molar-refractivity contribution in [2.45, 2.75) is 6.92 Å². The molecule has 0 aliphatic heterocycles. The van der Waals surface area contributed by atoms with E-state index in [4.69, 9.17) is 10.2 Å². The van der Waals surface area contributed by atoms with Crippen LogP contribution < -0.4 is 5.73 Å². The van der Waals surface area contributed by atoms with Gasteiger partial charge in [-0.05, 0) is 25.1 Å². The van der Waals surface area contributed by atoms with E-state index in [1.807, 2.05) is 0 Å². The third-order valence-corrected chi connectivity index (χ3v) is 4.30. The largest absolute Gasteiger partial charge is 0.507 e. The maximum atomic E-state index is 12.1. The molecular formula is C22H22N6O3. The molecule has 0 saturated heterocycles. The van der Waals surface area contributed by atoms with Gasteiger partial charge in [0.15, 0.2) is 11.5 Å². The first-order valence-electron chi connectivity index (χ1n) is 9.33. The van der Waals surface area contributed by atoms with Crippen LogP contribution in [0.15, 0.2) is 65.4 Å². The number of rotatable bonds is 6. The van der Waals surface area contributed by atoms with E-state index in [0.29, 0.717) is 16.8 Å². The van der Waals surface area contributed by atoms with Crippen molar-refractivity contribution < 1.29 is 14.3 Å². The number of aromatic nitrogens is 4. The molecule has 158 valence electrons. The number of allylic oxidation sites excluding steroid dienone is 4. The molecule has 0 atom stereocenters. The minimum atomic E-state index is -0.103. The molecule has 0 fully saturated rings. The summed E-state index contributed by atoms with van der Waals surface area (Å²) >= 11 is 0. The Labute approximate surface area is 179 Å². The standard InChI is InChI=1S/C22H22N6O3/c1-5-7-15(17(29)6-2)20-26-27-21(31-20)18-19(23)24-12-16(25-18)13-8-10-14(11-9-13)22(30)28(3)4/h5-12,29H,2H2,1,3-4H3,(H2,23,24)/b7-5-,17-15-. The van der Waals surface area contributed by atoms with Gasteiger partial charge in [-0.15, -0.1) is 10.2 Å². The van der Waals surface area contributed by atoms with Gasteiger partial charge >= 0.3 is 0 Å². The van der Waals surface area contributed by atoms with Gasteiger partial charge in [0.05, 0.1) is 17.5 Å². The van der Waals surface area contributed by atoms with Crippen LogP contribution in [0.1, 0.15) is 23.2 Å². The molecule has 3 N–H and O–H groups in total. The quantitative estimate of drug-likeness (QED) is 0.459. The molecule has 0 aliphatic rings. The average Bonchev–Trinajstić information content (AvgIpc) is 3.26. The predicted octanol–water partition coefficient (Wildman–Crippen LogP) is 3.51. The van der Waals surface area contributed by atoms with Crippen molar-refractivity contribution in [2.24, 2.45) is 0 Å². The smallest absolute Gasteiger partial charge is 0.270 e. The molecule has 0 bridgehead atoms. The van der Waals surface area contributed by atoms with Gasteiger partial charge in [0.2, 0.25) is 0 Å². The zero-order valence-corrected chi connectivity index (χ0v) is 17.4. The summed E-state index contributed by atoms with van der Waals surface area (Å²) < 4.78 is 5.68. The lowest BCUT2D eigenvalue weighted by Crippen LogP contribution is -2.21. The molecule has 3 rings (SSSR count). The molecule has 1 amide bonds. The zero-order chi connectivity index (χ0) is 22.5. The number of hydrogen-bond donors (Lipinski definition) is 2. The third-order valence-electron chi connectivity index (χ3n) is 4.30. The molecule has 31 heavy (non-hydrogen) atoms. The molecule has 1 aromatic carbocycles. The van der Waals surface area contributed by atoms with Gasteiger partial charge in [-0.1, -0.05) is 30.9 Å². The number of amides is 1. The first-order chi connectivity index (χ1) is 14.8. The Kier molecular flexibility index (Phi) is 6.25. The second kappa shape index (κ2) is 9.04. The van der Waals surface area contributed by atoms with E-state index in [0.717, 1.165) is 5.56 Å². The summed E-state index contributed by atoms with van der Waals surface area (Å²) in [6.07, 6.45) is 6.14. The number of anilines is 1. The van der Waals surface area contributed by atoms with E-state index in [1.165, 1.54) is 17.2 Å². The third kappa shape index (κ3) is 4.50. The fourth-order valence-electron chi connectivity index (χ4n) is 2.71. The van der Waals surface area contributed by atoms with Crippen LogP contribution in [0, 0.1) is 0 Å². The molecule has 0 saturated carbocycles. The molecule has 3 aromatic rings. The summed E-state index contributed by atoms with van der Waals surface area (Å²) in [6.45, 7) is 5.33. The van der Waals surface area contributed by atoms with Crippen molar-refractivity contribution in [2.75, 3.05) is 19.8 Å². The van der Waals surface area contributed by atoms with E-state index in [2.05, 4.69) is 26.7 Å². The number of hydrogen-bond acceptors (Lipinski definition) is 8. The summed E-state index contributed by atoms with van der Waals surface area (Å²) in [5.74, 6) is 0.0573. The highest BCUT2D eigenvalue weighted by atomic mass is 16.4. The van der Waals surface area contributed by atoms with Gasteiger partial charge in [0, 0.05) is 25.2 Å². The minimum absolute atomic E-state index is 0.0557. The highest BCUT2D eigenvalue weighted by molar-refractivity contribution is 5.94. The van der Waals surface area contributed by atoms with Crippen molar-refractivity contribution in [1.29, 1.82) is 0 Å². The zero-order valence-electron chi connectivity index (χ0n) is 17.4. The van der Waals surface area contributed by atoms with Crippen LogP contribution in [-0.2, 0) is 0 Å². The van der Waals surface area contributed by atoms with Crippen molar-refractivity contribution in [3.05, 3.63) is 72.5 Å². The molecule has 9 heteroatoms. The number of nitrogens with two attached hydrogens (primary N) is 1. The number of aliphatic hydroxyl groups excluding tert-OH is 1. The Morgan fingerprint density at radius 2 is 1.94 bits per heavy atom. The molecular weight excluding hydrogens is 396 g/mol. The second-order valence-corrected chi connectivity index (χ2v) is 6.68.